The van der Waals surface area contributed by atoms with Crippen LogP contribution in [0.3, 0.4) is 0 Å². The number of hydrogen-bond donors (Lipinski definition) is 1. The minimum absolute atomic E-state index is 0.0959. The first-order chi connectivity index (χ1) is 10.1. The summed E-state index contributed by atoms with van der Waals surface area (Å²) >= 11 is 5.43. The second-order valence-corrected chi connectivity index (χ2v) is 8.11. The van der Waals surface area contributed by atoms with Crippen LogP contribution in [-0.4, -0.2) is 37.1 Å². The van der Waals surface area contributed by atoms with E-state index in [1.165, 1.54) is 0 Å². The van der Waals surface area contributed by atoms with Crippen molar-refractivity contribution in [3.8, 4) is 0 Å². The number of thiocarbonyl (C=S) groups is 1. The number of benzene rings is 2. The topological polar surface area (TPSA) is 49.4 Å². The zero-order valence-corrected chi connectivity index (χ0v) is 12.8. The van der Waals surface area contributed by atoms with Crippen LogP contribution in [0.15, 0.2) is 42.5 Å². The van der Waals surface area contributed by atoms with Crippen LogP contribution in [0.25, 0.3) is 10.8 Å². The Labute approximate surface area is 128 Å². The number of rotatable bonds is 1. The van der Waals surface area contributed by atoms with Crippen molar-refractivity contribution >= 4 is 43.6 Å². The van der Waals surface area contributed by atoms with Crippen LogP contribution in [0.4, 0.5) is 5.69 Å². The highest BCUT2D eigenvalue weighted by Gasteiger charge is 2.47. The number of fused-ring (bicyclic) bond motifs is 2. The largest absolute Gasteiger partial charge is 0.356 e. The molecule has 0 radical (unpaired) electrons. The molecule has 2 heterocycles. The van der Waals surface area contributed by atoms with E-state index >= 15 is 0 Å². The Hall–Kier alpha value is -1.66. The van der Waals surface area contributed by atoms with Gasteiger partial charge in [-0.2, -0.15) is 0 Å². The van der Waals surface area contributed by atoms with E-state index in [1.54, 1.807) is 0 Å². The van der Waals surface area contributed by atoms with Crippen molar-refractivity contribution in [1.29, 1.82) is 0 Å². The number of nitrogens with one attached hydrogen (secondary N) is 1. The first-order valence-electron chi connectivity index (χ1n) is 6.83. The van der Waals surface area contributed by atoms with E-state index < -0.39 is 9.84 Å². The van der Waals surface area contributed by atoms with Gasteiger partial charge in [-0.15, -0.1) is 0 Å². The van der Waals surface area contributed by atoms with Crippen molar-refractivity contribution in [1.82, 2.24) is 5.32 Å². The van der Waals surface area contributed by atoms with E-state index in [2.05, 4.69) is 5.32 Å². The van der Waals surface area contributed by atoms with E-state index in [1.807, 2.05) is 47.4 Å². The molecule has 1 N–H and O–H groups in total. The van der Waals surface area contributed by atoms with Gasteiger partial charge in [0.15, 0.2) is 14.9 Å². The van der Waals surface area contributed by atoms with Crippen LogP contribution in [-0.2, 0) is 9.84 Å². The molecule has 0 aromatic heterocycles. The number of sulfone groups is 1. The van der Waals surface area contributed by atoms with E-state index in [4.69, 9.17) is 12.2 Å². The molecule has 2 aliphatic heterocycles. The molecular weight excluding hydrogens is 304 g/mol. The lowest BCUT2D eigenvalue weighted by Crippen LogP contribution is -2.36. The van der Waals surface area contributed by atoms with E-state index in [0.29, 0.717) is 5.11 Å². The van der Waals surface area contributed by atoms with Crippen molar-refractivity contribution in [3.63, 3.8) is 0 Å². The molecule has 0 saturated carbocycles. The lowest BCUT2D eigenvalue weighted by Gasteiger charge is -2.24. The molecule has 0 bridgehead atoms. The SMILES string of the molecule is O=S1(=O)C[C@@H]2NC(=S)N(c3cccc4ccccc34)[C@@H]2C1. The Bertz CT molecular complexity index is 842. The maximum atomic E-state index is 11.9. The lowest BCUT2D eigenvalue weighted by atomic mass is 10.1. The summed E-state index contributed by atoms with van der Waals surface area (Å²) in [6, 6.07) is 13.9. The van der Waals surface area contributed by atoms with Crippen LogP contribution in [0.2, 0.25) is 0 Å². The average molecular weight is 318 g/mol. The van der Waals surface area contributed by atoms with Gasteiger partial charge in [0.2, 0.25) is 0 Å². The molecule has 2 aromatic rings. The Balaban J connectivity index is 1.86. The predicted octanol–water partition coefficient (Wildman–Crippen LogP) is 1.70. The summed E-state index contributed by atoms with van der Waals surface area (Å²) in [5, 5.41) is 6.00. The summed E-state index contributed by atoms with van der Waals surface area (Å²) < 4.78 is 23.8. The fourth-order valence-corrected chi connectivity index (χ4v) is 5.58. The van der Waals surface area contributed by atoms with Gasteiger partial charge >= 0.3 is 0 Å². The quantitative estimate of drug-likeness (QED) is 0.811. The highest BCUT2D eigenvalue weighted by Crippen LogP contribution is 2.34. The molecule has 0 spiro atoms. The zero-order chi connectivity index (χ0) is 14.6. The molecule has 4 nitrogen and oxygen atoms in total. The zero-order valence-electron chi connectivity index (χ0n) is 11.2. The van der Waals surface area contributed by atoms with Gasteiger partial charge in [-0.05, 0) is 23.7 Å². The Morgan fingerprint density at radius 1 is 1.10 bits per heavy atom. The second kappa shape index (κ2) is 4.42. The minimum Gasteiger partial charge on any atom is -0.356 e. The monoisotopic (exact) mass is 318 g/mol. The molecule has 108 valence electrons. The summed E-state index contributed by atoms with van der Waals surface area (Å²) in [7, 11) is -2.99. The highest BCUT2D eigenvalue weighted by atomic mass is 32.2. The summed E-state index contributed by atoms with van der Waals surface area (Å²) in [4.78, 5) is 1.98. The normalized spacial score (nSPS) is 26.9. The van der Waals surface area contributed by atoms with Gasteiger partial charge in [0.05, 0.1) is 29.3 Å². The third-order valence-electron chi connectivity index (χ3n) is 4.21. The molecule has 0 aliphatic carbocycles. The first kappa shape index (κ1) is 13.0. The molecule has 2 saturated heterocycles. The standard InChI is InChI=1S/C15H14N2O2S2/c18-21(19)8-12-14(9-21)17(15(20)16-12)13-7-3-5-10-4-1-2-6-11(10)13/h1-7,12,14H,8-9H2,(H,16,20)/t12-,14+/m0/s1. The van der Waals surface area contributed by atoms with Crippen LogP contribution in [0.1, 0.15) is 0 Å². The number of nitrogens with zero attached hydrogens (tertiary/aromatic N) is 1. The fraction of sp³-hybridized carbons (Fsp3) is 0.267. The van der Waals surface area contributed by atoms with Gasteiger partial charge in [0.25, 0.3) is 0 Å². The van der Waals surface area contributed by atoms with Gasteiger partial charge < -0.3 is 10.2 Å². The van der Waals surface area contributed by atoms with E-state index in [9.17, 15) is 8.42 Å². The first-order valence-corrected chi connectivity index (χ1v) is 9.06. The molecule has 2 fully saturated rings. The van der Waals surface area contributed by atoms with Crippen molar-refractivity contribution in [3.05, 3.63) is 42.5 Å². The molecular formula is C15H14N2O2S2. The van der Waals surface area contributed by atoms with Crippen molar-refractivity contribution in [2.45, 2.75) is 12.1 Å². The third kappa shape index (κ3) is 2.01. The summed E-state index contributed by atoms with van der Waals surface area (Å²) in [5.41, 5.74) is 0.982. The predicted molar refractivity (Wildman–Crippen MR) is 88.4 cm³/mol. The molecule has 6 heteroatoms. The van der Waals surface area contributed by atoms with E-state index in [0.717, 1.165) is 16.5 Å². The summed E-state index contributed by atoms with van der Waals surface area (Å²) in [6.45, 7) is 0. The van der Waals surface area contributed by atoms with Crippen molar-refractivity contribution < 1.29 is 8.42 Å². The van der Waals surface area contributed by atoms with Crippen LogP contribution in [0, 0.1) is 0 Å². The van der Waals surface area contributed by atoms with Gasteiger partial charge in [0, 0.05) is 5.39 Å². The molecule has 2 atom stereocenters. The lowest BCUT2D eigenvalue weighted by molar-refractivity contribution is 0.600. The summed E-state index contributed by atoms with van der Waals surface area (Å²) in [5.74, 6) is 0.326. The molecule has 0 amide bonds. The average Bonchev–Trinajstić information content (AvgIpc) is 2.88. The number of anilines is 1. The maximum absolute atomic E-state index is 11.9. The summed E-state index contributed by atoms with van der Waals surface area (Å²) in [6.07, 6.45) is 0. The fourth-order valence-electron chi connectivity index (χ4n) is 3.31. The highest BCUT2D eigenvalue weighted by molar-refractivity contribution is 7.91. The van der Waals surface area contributed by atoms with E-state index in [-0.39, 0.29) is 23.6 Å². The Morgan fingerprint density at radius 3 is 2.71 bits per heavy atom. The molecule has 4 rings (SSSR count). The Kier molecular flexibility index (Phi) is 2.74. The Morgan fingerprint density at radius 2 is 1.86 bits per heavy atom. The maximum Gasteiger partial charge on any atom is 0.174 e. The minimum atomic E-state index is -2.99. The van der Waals surface area contributed by atoms with Gasteiger partial charge in [-0.25, -0.2) is 8.42 Å². The smallest absolute Gasteiger partial charge is 0.174 e. The molecule has 21 heavy (non-hydrogen) atoms. The van der Waals surface area contributed by atoms with Crippen LogP contribution in [0.5, 0.6) is 0 Å². The molecule has 2 aliphatic rings. The van der Waals surface area contributed by atoms with Crippen molar-refractivity contribution in [2.24, 2.45) is 0 Å². The van der Waals surface area contributed by atoms with Crippen LogP contribution >= 0.6 is 12.2 Å². The van der Waals surface area contributed by atoms with Crippen LogP contribution < -0.4 is 10.2 Å². The molecule has 0 unspecified atom stereocenters. The molecule has 2 aromatic carbocycles. The van der Waals surface area contributed by atoms with Gasteiger partial charge in [0.1, 0.15) is 0 Å². The van der Waals surface area contributed by atoms with Crippen molar-refractivity contribution in [2.75, 3.05) is 16.4 Å². The second-order valence-electron chi connectivity index (χ2n) is 5.57. The third-order valence-corrected chi connectivity index (χ3v) is 6.24. The number of hydrogen-bond acceptors (Lipinski definition) is 3. The van der Waals surface area contributed by atoms with Gasteiger partial charge in [-0.1, -0.05) is 36.4 Å². The van der Waals surface area contributed by atoms with Gasteiger partial charge in [-0.3, -0.25) is 0 Å².